The molecule has 1 aliphatic carbocycles. The molecule has 4 aliphatic rings. The van der Waals surface area contributed by atoms with E-state index in [0.29, 0.717) is 0 Å². The van der Waals surface area contributed by atoms with Crippen molar-refractivity contribution in [1.82, 2.24) is 9.80 Å². The van der Waals surface area contributed by atoms with E-state index in [0.717, 1.165) is 19.0 Å². The van der Waals surface area contributed by atoms with Crippen molar-refractivity contribution in [1.29, 1.82) is 0 Å². The Bertz CT molecular complexity index is 611. The van der Waals surface area contributed by atoms with Gasteiger partial charge in [0, 0.05) is 50.3 Å². The van der Waals surface area contributed by atoms with Gasteiger partial charge >= 0.3 is 0 Å². The summed E-state index contributed by atoms with van der Waals surface area (Å²) in [5, 5.41) is 3.89. The van der Waals surface area contributed by atoms with Gasteiger partial charge in [-0.3, -0.25) is 4.99 Å². The van der Waals surface area contributed by atoms with Gasteiger partial charge in [-0.25, -0.2) is 0 Å². The van der Waals surface area contributed by atoms with Crippen LogP contribution in [-0.4, -0.2) is 54.0 Å². The fourth-order valence-electron chi connectivity index (χ4n) is 4.37. The highest BCUT2D eigenvalue weighted by Crippen LogP contribution is 2.40. The lowest BCUT2D eigenvalue weighted by atomic mass is 9.90. The molecular formula is C18H24N4. The third-order valence-electron chi connectivity index (χ3n) is 5.79. The molecule has 1 aromatic carbocycles. The number of likely N-dealkylation sites (tertiary alicyclic amines) is 1. The van der Waals surface area contributed by atoms with Gasteiger partial charge in [0.15, 0.2) is 0 Å². The molecule has 0 atom stereocenters. The van der Waals surface area contributed by atoms with E-state index in [2.05, 4.69) is 39.4 Å². The molecule has 116 valence electrons. The highest BCUT2D eigenvalue weighted by Gasteiger charge is 2.46. The Morgan fingerprint density at radius 3 is 2.77 bits per heavy atom. The highest BCUT2D eigenvalue weighted by molar-refractivity contribution is 6.06. The van der Waals surface area contributed by atoms with Gasteiger partial charge in [0.1, 0.15) is 11.5 Å². The van der Waals surface area contributed by atoms with Gasteiger partial charge in [0.2, 0.25) is 0 Å². The molecule has 0 aromatic heterocycles. The van der Waals surface area contributed by atoms with Crippen molar-refractivity contribution >= 4 is 11.5 Å². The van der Waals surface area contributed by atoms with Crippen LogP contribution in [0.2, 0.25) is 0 Å². The molecule has 0 radical (unpaired) electrons. The van der Waals surface area contributed by atoms with Gasteiger partial charge in [0.25, 0.3) is 0 Å². The number of fused-ring (bicyclic) bond motifs is 4. The van der Waals surface area contributed by atoms with Gasteiger partial charge in [-0.1, -0.05) is 12.1 Å². The predicted molar refractivity (Wildman–Crippen MR) is 89.3 cm³/mol. The molecule has 0 amide bonds. The van der Waals surface area contributed by atoms with Crippen LogP contribution in [0.15, 0.2) is 29.3 Å². The second-order valence-electron chi connectivity index (χ2n) is 7.30. The highest BCUT2D eigenvalue weighted by atomic mass is 15.4. The van der Waals surface area contributed by atoms with Gasteiger partial charge in [0.05, 0.1) is 6.54 Å². The maximum Gasteiger partial charge on any atom is 0.134 e. The van der Waals surface area contributed by atoms with E-state index in [1.54, 1.807) is 0 Å². The van der Waals surface area contributed by atoms with Crippen LogP contribution >= 0.6 is 0 Å². The fraction of sp³-hybridized carbons (Fsp3) is 0.611. The second-order valence-corrected chi connectivity index (χ2v) is 7.30. The zero-order chi connectivity index (χ0) is 14.6. The summed E-state index contributed by atoms with van der Waals surface area (Å²) in [7, 11) is 0. The maximum absolute atomic E-state index is 4.82. The monoisotopic (exact) mass is 296 g/mol. The van der Waals surface area contributed by atoms with Gasteiger partial charge in [-0.05, 0) is 30.9 Å². The van der Waals surface area contributed by atoms with Crippen LogP contribution in [-0.2, 0) is 0 Å². The molecule has 0 bridgehead atoms. The van der Waals surface area contributed by atoms with Crippen LogP contribution < -0.4 is 5.32 Å². The minimum Gasteiger partial charge on any atom is -0.362 e. The summed E-state index contributed by atoms with van der Waals surface area (Å²) < 4.78 is 0. The van der Waals surface area contributed by atoms with E-state index >= 15 is 0 Å². The molecule has 1 N–H and O–H groups in total. The Morgan fingerprint density at radius 2 is 1.95 bits per heavy atom. The van der Waals surface area contributed by atoms with E-state index in [9.17, 15) is 0 Å². The van der Waals surface area contributed by atoms with Crippen LogP contribution in [0, 0.1) is 5.92 Å². The molecule has 2 fully saturated rings. The smallest absolute Gasteiger partial charge is 0.134 e. The van der Waals surface area contributed by atoms with Crippen molar-refractivity contribution in [2.24, 2.45) is 10.9 Å². The zero-order valence-electron chi connectivity index (χ0n) is 13.1. The summed E-state index contributed by atoms with van der Waals surface area (Å²) in [5.74, 6) is 2.22. The molecule has 5 rings (SSSR count). The summed E-state index contributed by atoms with van der Waals surface area (Å²) in [6.45, 7) is 5.77. The van der Waals surface area contributed by atoms with E-state index in [1.807, 2.05) is 0 Å². The standard InChI is InChI=1S/C18H24N4/c1-2-4-16-15(3-1)17-19-9-12-22(17)18(20-16)7-10-21(11-8-18)13-14-5-6-14/h1-4,14,20H,5-13H2. The van der Waals surface area contributed by atoms with Crippen molar-refractivity contribution in [3.05, 3.63) is 29.8 Å². The van der Waals surface area contributed by atoms with Gasteiger partial charge < -0.3 is 15.1 Å². The van der Waals surface area contributed by atoms with Crippen LogP contribution in [0.4, 0.5) is 5.69 Å². The van der Waals surface area contributed by atoms with E-state index < -0.39 is 0 Å². The first-order valence-electron chi connectivity index (χ1n) is 8.76. The van der Waals surface area contributed by atoms with E-state index in [4.69, 9.17) is 4.99 Å². The molecule has 4 nitrogen and oxygen atoms in total. The third kappa shape index (κ3) is 1.97. The number of hydrogen-bond donors (Lipinski definition) is 1. The molecule has 1 spiro atoms. The largest absolute Gasteiger partial charge is 0.362 e. The Kier molecular flexibility index (Phi) is 2.78. The van der Waals surface area contributed by atoms with Crippen molar-refractivity contribution in [2.75, 3.05) is 38.0 Å². The Balaban J connectivity index is 1.42. The van der Waals surface area contributed by atoms with Crippen molar-refractivity contribution in [2.45, 2.75) is 31.3 Å². The quantitative estimate of drug-likeness (QED) is 0.909. The van der Waals surface area contributed by atoms with Crippen LogP contribution in [0.1, 0.15) is 31.2 Å². The molecule has 4 heteroatoms. The minimum atomic E-state index is 0.101. The molecular weight excluding hydrogens is 272 g/mol. The van der Waals surface area contributed by atoms with Crippen LogP contribution in [0.3, 0.4) is 0 Å². The minimum absolute atomic E-state index is 0.101. The lowest BCUT2D eigenvalue weighted by Crippen LogP contribution is -2.63. The van der Waals surface area contributed by atoms with Crippen LogP contribution in [0.25, 0.3) is 0 Å². The molecule has 3 aliphatic heterocycles. The summed E-state index contributed by atoms with van der Waals surface area (Å²) >= 11 is 0. The van der Waals surface area contributed by atoms with Crippen molar-refractivity contribution < 1.29 is 0 Å². The maximum atomic E-state index is 4.82. The van der Waals surface area contributed by atoms with E-state index in [1.165, 1.54) is 62.4 Å². The number of nitrogens with zero attached hydrogens (tertiary/aromatic N) is 3. The number of hydrogen-bond acceptors (Lipinski definition) is 4. The molecule has 1 saturated carbocycles. The molecule has 3 heterocycles. The lowest BCUT2D eigenvalue weighted by Gasteiger charge is -2.52. The summed E-state index contributed by atoms with van der Waals surface area (Å²) in [5.41, 5.74) is 2.66. The molecule has 0 unspecified atom stereocenters. The number of nitrogens with one attached hydrogen (secondary N) is 1. The number of amidine groups is 1. The van der Waals surface area contributed by atoms with Crippen molar-refractivity contribution in [3.63, 3.8) is 0 Å². The number of piperidine rings is 1. The summed E-state index contributed by atoms with van der Waals surface area (Å²) in [4.78, 5) is 10.1. The number of aliphatic imine (C=N–C) groups is 1. The number of para-hydroxylation sites is 1. The number of benzene rings is 1. The van der Waals surface area contributed by atoms with Gasteiger partial charge in [-0.2, -0.15) is 0 Å². The van der Waals surface area contributed by atoms with Crippen molar-refractivity contribution in [3.8, 4) is 0 Å². The first kappa shape index (κ1) is 12.9. The Morgan fingerprint density at radius 1 is 1.14 bits per heavy atom. The molecule has 22 heavy (non-hydrogen) atoms. The topological polar surface area (TPSA) is 30.9 Å². The molecule has 1 aromatic rings. The van der Waals surface area contributed by atoms with Gasteiger partial charge in [-0.15, -0.1) is 0 Å². The molecule has 1 saturated heterocycles. The fourth-order valence-corrected chi connectivity index (χ4v) is 4.37. The lowest BCUT2D eigenvalue weighted by molar-refractivity contribution is 0.0909. The van der Waals surface area contributed by atoms with E-state index in [-0.39, 0.29) is 5.66 Å². The third-order valence-corrected chi connectivity index (χ3v) is 5.79. The first-order valence-corrected chi connectivity index (χ1v) is 8.76. The SMILES string of the molecule is c1ccc2c(c1)NC1(CCN(CC3CC3)CC1)N1CCN=C21. The Labute approximate surface area is 132 Å². The summed E-state index contributed by atoms with van der Waals surface area (Å²) in [6.07, 6.45) is 5.31. The average molecular weight is 296 g/mol. The number of anilines is 1. The predicted octanol–water partition coefficient (Wildman–Crippen LogP) is 2.38. The normalized spacial score (nSPS) is 26.4. The first-order chi connectivity index (χ1) is 10.8. The second kappa shape index (κ2) is 4.72. The zero-order valence-corrected chi connectivity index (χ0v) is 13.1. The Hall–Kier alpha value is -1.55. The summed E-state index contributed by atoms with van der Waals surface area (Å²) in [6, 6.07) is 8.67. The average Bonchev–Trinajstić information content (AvgIpc) is 3.21. The number of rotatable bonds is 2. The van der Waals surface area contributed by atoms with Crippen LogP contribution in [0.5, 0.6) is 0 Å².